The molecule has 0 bridgehead atoms. The van der Waals surface area contributed by atoms with Crippen molar-refractivity contribution in [2.75, 3.05) is 37.7 Å². The number of aromatic nitrogens is 3. The highest BCUT2D eigenvalue weighted by atomic mass is 32.1. The first-order chi connectivity index (χ1) is 14.0. The van der Waals surface area contributed by atoms with Gasteiger partial charge >= 0.3 is 0 Å². The second kappa shape index (κ2) is 7.07. The molecule has 2 fully saturated rings. The smallest absolute Gasteiger partial charge is 0.223 e. The standard InChI is InChI=1S/C20H23N5O3S/c1-13-15(14(2)28-23-13)8-25-10-20(7-17(25)26)9-24(4-5-27-11-20)19-18-16(3-6-29-18)21-12-22-19/h3,6,12H,4-5,7-11H2,1-2H3/t20-/m0/s1. The molecule has 1 amide bonds. The van der Waals surface area contributed by atoms with Crippen molar-refractivity contribution in [3.63, 3.8) is 0 Å². The molecule has 3 aromatic rings. The minimum Gasteiger partial charge on any atom is -0.379 e. The molecule has 0 unspecified atom stereocenters. The minimum atomic E-state index is -0.249. The zero-order valence-electron chi connectivity index (χ0n) is 16.6. The van der Waals surface area contributed by atoms with Crippen molar-refractivity contribution in [3.05, 3.63) is 34.8 Å². The molecular weight excluding hydrogens is 390 g/mol. The summed E-state index contributed by atoms with van der Waals surface area (Å²) in [4.78, 5) is 26.0. The summed E-state index contributed by atoms with van der Waals surface area (Å²) in [5.41, 5.74) is 2.55. The van der Waals surface area contributed by atoms with Crippen molar-refractivity contribution in [3.8, 4) is 0 Å². The Balaban J connectivity index is 1.41. The minimum absolute atomic E-state index is 0.152. The quantitative estimate of drug-likeness (QED) is 0.652. The van der Waals surface area contributed by atoms with Crippen LogP contribution in [0.1, 0.15) is 23.4 Å². The van der Waals surface area contributed by atoms with Gasteiger partial charge in [-0.3, -0.25) is 4.79 Å². The molecule has 29 heavy (non-hydrogen) atoms. The van der Waals surface area contributed by atoms with E-state index in [1.807, 2.05) is 30.2 Å². The predicted molar refractivity (Wildman–Crippen MR) is 109 cm³/mol. The SMILES string of the molecule is Cc1noc(C)c1CN1C[C@]2(COCCN(c3ncnc4ccsc34)C2)CC1=O. The zero-order chi connectivity index (χ0) is 20.0. The van der Waals surface area contributed by atoms with E-state index in [1.54, 1.807) is 17.7 Å². The van der Waals surface area contributed by atoms with Crippen LogP contribution in [-0.4, -0.2) is 58.8 Å². The van der Waals surface area contributed by atoms with E-state index in [0.29, 0.717) is 32.7 Å². The molecule has 152 valence electrons. The first-order valence-electron chi connectivity index (χ1n) is 9.75. The first kappa shape index (κ1) is 18.5. The molecule has 2 aliphatic rings. The highest BCUT2D eigenvalue weighted by Gasteiger charge is 2.46. The Labute approximate surface area is 172 Å². The molecule has 2 aliphatic heterocycles. The van der Waals surface area contributed by atoms with Crippen molar-refractivity contribution >= 4 is 33.3 Å². The van der Waals surface area contributed by atoms with Crippen LogP contribution in [0, 0.1) is 19.3 Å². The van der Waals surface area contributed by atoms with Gasteiger partial charge in [-0.2, -0.15) is 0 Å². The number of carbonyl (C=O) groups is 1. The van der Waals surface area contributed by atoms with E-state index in [1.165, 1.54) is 0 Å². The third-order valence-corrected chi connectivity index (χ3v) is 6.80. The Morgan fingerprint density at radius 1 is 1.28 bits per heavy atom. The third-order valence-electron chi connectivity index (χ3n) is 5.90. The molecule has 0 N–H and O–H groups in total. The normalized spacial score (nSPS) is 22.8. The van der Waals surface area contributed by atoms with Crippen molar-refractivity contribution in [1.29, 1.82) is 0 Å². The summed E-state index contributed by atoms with van der Waals surface area (Å²) < 4.78 is 12.3. The van der Waals surface area contributed by atoms with E-state index in [0.717, 1.165) is 46.1 Å². The fraction of sp³-hybridized carbons (Fsp3) is 0.500. The van der Waals surface area contributed by atoms with Crippen LogP contribution in [0.4, 0.5) is 5.82 Å². The van der Waals surface area contributed by atoms with Crippen molar-refractivity contribution in [2.45, 2.75) is 26.8 Å². The molecule has 0 aromatic carbocycles. The summed E-state index contributed by atoms with van der Waals surface area (Å²) in [5.74, 6) is 1.86. The lowest BCUT2D eigenvalue weighted by Crippen LogP contribution is -2.41. The van der Waals surface area contributed by atoms with E-state index in [9.17, 15) is 4.79 Å². The number of thiophene rings is 1. The second-order valence-corrected chi connectivity index (χ2v) is 8.95. The third kappa shape index (κ3) is 3.28. The van der Waals surface area contributed by atoms with Gasteiger partial charge in [-0.1, -0.05) is 5.16 Å². The highest BCUT2D eigenvalue weighted by Crippen LogP contribution is 2.38. The Hall–Kier alpha value is -2.52. The number of hydrogen-bond acceptors (Lipinski definition) is 8. The lowest BCUT2D eigenvalue weighted by Gasteiger charge is -2.32. The fourth-order valence-corrected chi connectivity index (χ4v) is 5.28. The van der Waals surface area contributed by atoms with Crippen LogP contribution in [0.15, 0.2) is 22.3 Å². The molecule has 0 saturated carbocycles. The Kier molecular flexibility index (Phi) is 4.51. The van der Waals surface area contributed by atoms with E-state index in [-0.39, 0.29) is 11.3 Å². The van der Waals surface area contributed by atoms with Crippen molar-refractivity contribution in [2.24, 2.45) is 5.41 Å². The topological polar surface area (TPSA) is 84.6 Å². The molecule has 1 spiro atoms. The number of hydrogen-bond donors (Lipinski definition) is 0. The van der Waals surface area contributed by atoms with Crippen molar-refractivity contribution < 1.29 is 14.1 Å². The lowest BCUT2D eigenvalue weighted by molar-refractivity contribution is -0.128. The van der Waals surface area contributed by atoms with Gasteiger partial charge in [-0.25, -0.2) is 9.97 Å². The molecule has 3 aromatic heterocycles. The maximum absolute atomic E-state index is 12.9. The molecule has 9 heteroatoms. The number of likely N-dealkylation sites (tertiary alicyclic amines) is 1. The molecule has 8 nitrogen and oxygen atoms in total. The maximum Gasteiger partial charge on any atom is 0.223 e. The number of anilines is 1. The average molecular weight is 414 g/mol. The summed E-state index contributed by atoms with van der Waals surface area (Å²) in [5, 5.41) is 6.06. The van der Waals surface area contributed by atoms with Crippen LogP contribution in [0.25, 0.3) is 10.2 Å². The van der Waals surface area contributed by atoms with Gasteiger partial charge in [0.2, 0.25) is 5.91 Å². The largest absolute Gasteiger partial charge is 0.379 e. The summed E-state index contributed by atoms with van der Waals surface area (Å²) >= 11 is 1.65. The first-order valence-corrected chi connectivity index (χ1v) is 10.6. The number of rotatable bonds is 3. The maximum atomic E-state index is 12.9. The summed E-state index contributed by atoms with van der Waals surface area (Å²) in [6.07, 6.45) is 2.10. The van der Waals surface area contributed by atoms with Gasteiger partial charge < -0.3 is 19.1 Å². The van der Waals surface area contributed by atoms with Gasteiger partial charge in [0, 0.05) is 37.0 Å². The van der Waals surface area contributed by atoms with Gasteiger partial charge in [0.1, 0.15) is 17.9 Å². The fourth-order valence-electron chi connectivity index (χ4n) is 4.42. The molecule has 0 radical (unpaired) electrons. The van der Waals surface area contributed by atoms with E-state index in [4.69, 9.17) is 9.26 Å². The Morgan fingerprint density at radius 3 is 3.00 bits per heavy atom. The van der Waals surface area contributed by atoms with Gasteiger partial charge in [-0.05, 0) is 25.3 Å². The number of fused-ring (bicyclic) bond motifs is 1. The van der Waals surface area contributed by atoms with Crippen molar-refractivity contribution in [1.82, 2.24) is 20.0 Å². The molecule has 5 heterocycles. The van der Waals surface area contributed by atoms with Gasteiger partial charge in [0.05, 0.1) is 35.7 Å². The van der Waals surface area contributed by atoms with E-state index < -0.39 is 0 Å². The van der Waals surface area contributed by atoms with Crippen LogP contribution in [-0.2, 0) is 16.1 Å². The van der Waals surface area contributed by atoms with Crippen LogP contribution in [0.2, 0.25) is 0 Å². The average Bonchev–Trinajstić information content (AvgIpc) is 3.34. The molecule has 2 saturated heterocycles. The Bertz CT molecular complexity index is 1040. The van der Waals surface area contributed by atoms with Crippen LogP contribution in [0.3, 0.4) is 0 Å². The molecule has 1 atom stereocenters. The lowest BCUT2D eigenvalue weighted by atomic mass is 9.87. The summed E-state index contributed by atoms with van der Waals surface area (Å²) in [6.45, 7) is 7.69. The number of aryl methyl sites for hydroxylation is 2. The number of amides is 1. The molecular formula is C20H23N5O3S. The van der Waals surface area contributed by atoms with Gasteiger partial charge in [-0.15, -0.1) is 11.3 Å². The van der Waals surface area contributed by atoms with Crippen LogP contribution < -0.4 is 4.90 Å². The van der Waals surface area contributed by atoms with Gasteiger partial charge in [0.15, 0.2) is 0 Å². The number of carbonyl (C=O) groups excluding carboxylic acids is 1. The van der Waals surface area contributed by atoms with E-state index in [2.05, 4.69) is 20.0 Å². The Morgan fingerprint density at radius 2 is 2.17 bits per heavy atom. The van der Waals surface area contributed by atoms with Gasteiger partial charge in [0.25, 0.3) is 0 Å². The summed E-state index contributed by atoms with van der Waals surface area (Å²) in [7, 11) is 0. The van der Waals surface area contributed by atoms with Crippen LogP contribution in [0.5, 0.6) is 0 Å². The predicted octanol–water partition coefficient (Wildman–Crippen LogP) is 2.55. The number of nitrogens with zero attached hydrogens (tertiary/aromatic N) is 5. The monoisotopic (exact) mass is 413 g/mol. The zero-order valence-corrected chi connectivity index (χ0v) is 17.4. The number of ether oxygens (including phenoxy) is 1. The van der Waals surface area contributed by atoms with E-state index >= 15 is 0 Å². The molecule has 0 aliphatic carbocycles. The highest BCUT2D eigenvalue weighted by molar-refractivity contribution is 7.17. The summed E-state index contributed by atoms with van der Waals surface area (Å²) in [6, 6.07) is 2.01. The molecule has 5 rings (SSSR count). The van der Waals surface area contributed by atoms with Crippen LogP contribution >= 0.6 is 11.3 Å². The second-order valence-electron chi connectivity index (χ2n) is 8.04.